The van der Waals surface area contributed by atoms with Crippen molar-refractivity contribution in [3.05, 3.63) is 47.8 Å². The number of hydrazone groups is 1. The fourth-order valence-corrected chi connectivity index (χ4v) is 2.14. The van der Waals surface area contributed by atoms with Crippen LogP contribution in [0.25, 0.3) is 0 Å². The van der Waals surface area contributed by atoms with Gasteiger partial charge in [0.1, 0.15) is 0 Å². The first-order valence-electron chi connectivity index (χ1n) is 7.16. The number of ether oxygens (including phenoxy) is 3. The molecule has 1 amide bonds. The van der Waals surface area contributed by atoms with E-state index in [0.717, 1.165) is 0 Å². The van der Waals surface area contributed by atoms with E-state index in [9.17, 15) is 4.79 Å². The summed E-state index contributed by atoms with van der Waals surface area (Å²) in [7, 11) is 4.61. The summed E-state index contributed by atoms with van der Waals surface area (Å²) in [5.74, 6) is 1.14. The third-order valence-electron chi connectivity index (χ3n) is 3.34. The average Bonchev–Trinajstić information content (AvgIpc) is 2.64. The van der Waals surface area contributed by atoms with Gasteiger partial charge in [-0.15, -0.1) is 0 Å². The van der Waals surface area contributed by atoms with Gasteiger partial charge in [0.05, 0.1) is 32.6 Å². The molecule has 7 heteroatoms. The molecule has 24 heavy (non-hydrogen) atoms. The van der Waals surface area contributed by atoms with Gasteiger partial charge in [0.15, 0.2) is 11.5 Å². The van der Waals surface area contributed by atoms with Gasteiger partial charge < -0.3 is 14.2 Å². The van der Waals surface area contributed by atoms with Crippen molar-refractivity contribution in [3.63, 3.8) is 0 Å². The number of nitrogens with one attached hydrogen (secondary N) is 1. The van der Waals surface area contributed by atoms with Gasteiger partial charge in [0, 0.05) is 18.0 Å². The van der Waals surface area contributed by atoms with E-state index < -0.39 is 0 Å². The topological polar surface area (TPSA) is 82.0 Å². The summed E-state index contributed by atoms with van der Waals surface area (Å²) >= 11 is 0. The molecule has 0 radical (unpaired) electrons. The molecule has 2 rings (SSSR count). The average molecular weight is 329 g/mol. The van der Waals surface area contributed by atoms with Crippen LogP contribution < -0.4 is 19.6 Å². The molecule has 1 aromatic heterocycles. The normalized spacial score (nSPS) is 10.9. The van der Waals surface area contributed by atoms with Gasteiger partial charge in [-0.2, -0.15) is 5.10 Å². The standard InChI is InChI=1S/C17H19N3O4/c1-11(19-20-17(21)12-6-5-9-18-10-12)13-7-8-14(22-2)16(24-4)15(13)23-3/h5-10H,1-4H3,(H,20,21)/b19-11+. The van der Waals surface area contributed by atoms with E-state index in [-0.39, 0.29) is 5.91 Å². The number of methoxy groups -OCH3 is 3. The summed E-state index contributed by atoms with van der Waals surface area (Å²) in [5, 5.41) is 4.12. The van der Waals surface area contributed by atoms with Crippen molar-refractivity contribution >= 4 is 11.6 Å². The lowest BCUT2D eigenvalue weighted by Gasteiger charge is -2.15. The van der Waals surface area contributed by atoms with Gasteiger partial charge in [0.25, 0.3) is 5.91 Å². The maximum absolute atomic E-state index is 12.0. The van der Waals surface area contributed by atoms with Crippen molar-refractivity contribution < 1.29 is 19.0 Å². The zero-order chi connectivity index (χ0) is 17.5. The summed E-state index contributed by atoms with van der Waals surface area (Å²) in [5.41, 5.74) is 4.16. The minimum atomic E-state index is -0.345. The van der Waals surface area contributed by atoms with Crippen LogP contribution >= 0.6 is 0 Å². The summed E-state index contributed by atoms with van der Waals surface area (Å²) in [6.07, 6.45) is 3.07. The van der Waals surface area contributed by atoms with E-state index in [2.05, 4.69) is 15.5 Å². The highest BCUT2D eigenvalue weighted by Gasteiger charge is 2.17. The number of carbonyl (C=O) groups is 1. The van der Waals surface area contributed by atoms with Gasteiger partial charge in [-0.25, -0.2) is 5.43 Å². The Morgan fingerprint density at radius 2 is 1.83 bits per heavy atom. The molecular weight excluding hydrogens is 310 g/mol. The highest BCUT2D eigenvalue weighted by molar-refractivity contribution is 6.03. The molecule has 7 nitrogen and oxygen atoms in total. The molecule has 0 aliphatic heterocycles. The molecule has 0 atom stereocenters. The molecule has 1 aromatic carbocycles. The highest BCUT2D eigenvalue weighted by atomic mass is 16.5. The van der Waals surface area contributed by atoms with Crippen molar-refractivity contribution in [2.24, 2.45) is 5.10 Å². The molecule has 0 aliphatic rings. The predicted octanol–water partition coefficient (Wildman–Crippen LogP) is 2.26. The van der Waals surface area contributed by atoms with E-state index in [1.807, 2.05) is 0 Å². The second-order valence-electron chi connectivity index (χ2n) is 4.76. The van der Waals surface area contributed by atoms with Crippen molar-refractivity contribution in [2.45, 2.75) is 6.92 Å². The van der Waals surface area contributed by atoms with Crippen LogP contribution in [0.2, 0.25) is 0 Å². The second kappa shape index (κ2) is 7.96. The Kier molecular flexibility index (Phi) is 5.73. The van der Waals surface area contributed by atoms with E-state index in [1.54, 1.807) is 44.5 Å². The van der Waals surface area contributed by atoms with Crippen LogP contribution in [0.15, 0.2) is 41.8 Å². The first kappa shape index (κ1) is 17.3. The Labute approximate surface area is 140 Å². The van der Waals surface area contributed by atoms with Crippen molar-refractivity contribution in [2.75, 3.05) is 21.3 Å². The van der Waals surface area contributed by atoms with Crippen LogP contribution in [0, 0.1) is 0 Å². The molecule has 0 aliphatic carbocycles. The number of carbonyl (C=O) groups excluding carboxylic acids is 1. The quantitative estimate of drug-likeness (QED) is 0.649. The van der Waals surface area contributed by atoms with Crippen molar-refractivity contribution in [1.82, 2.24) is 10.4 Å². The monoisotopic (exact) mass is 329 g/mol. The fraction of sp³-hybridized carbons (Fsp3) is 0.235. The zero-order valence-corrected chi connectivity index (χ0v) is 14.0. The lowest BCUT2D eigenvalue weighted by Crippen LogP contribution is -2.19. The summed E-state index contributed by atoms with van der Waals surface area (Å²) in [6, 6.07) is 6.88. The SMILES string of the molecule is COc1ccc(/C(C)=N/NC(=O)c2cccnc2)c(OC)c1OC. The Hall–Kier alpha value is -3.09. The summed E-state index contributed by atoms with van der Waals surface area (Å²) in [6.45, 7) is 1.76. The number of pyridine rings is 1. The maximum Gasteiger partial charge on any atom is 0.272 e. The van der Waals surface area contributed by atoms with Crippen LogP contribution in [0.4, 0.5) is 0 Å². The summed E-state index contributed by atoms with van der Waals surface area (Å²) < 4.78 is 16.0. The molecule has 0 saturated heterocycles. The molecular formula is C17H19N3O4. The number of benzene rings is 1. The van der Waals surface area contributed by atoms with Crippen LogP contribution in [-0.2, 0) is 0 Å². The van der Waals surface area contributed by atoms with Gasteiger partial charge in [-0.05, 0) is 31.2 Å². The molecule has 0 saturated carbocycles. The lowest BCUT2D eigenvalue weighted by molar-refractivity contribution is 0.0954. The van der Waals surface area contributed by atoms with E-state index in [0.29, 0.717) is 34.1 Å². The first-order valence-corrected chi connectivity index (χ1v) is 7.16. The Balaban J connectivity index is 2.29. The van der Waals surface area contributed by atoms with Crippen LogP contribution in [-0.4, -0.2) is 37.9 Å². The molecule has 126 valence electrons. The van der Waals surface area contributed by atoms with Gasteiger partial charge >= 0.3 is 0 Å². The molecule has 1 heterocycles. The van der Waals surface area contributed by atoms with Gasteiger partial charge in [0.2, 0.25) is 5.75 Å². The number of aromatic nitrogens is 1. The van der Waals surface area contributed by atoms with Crippen molar-refractivity contribution in [1.29, 1.82) is 0 Å². The number of hydrogen-bond donors (Lipinski definition) is 1. The summed E-state index contributed by atoms with van der Waals surface area (Å²) in [4.78, 5) is 15.9. The predicted molar refractivity (Wildman–Crippen MR) is 90.0 cm³/mol. The Morgan fingerprint density at radius 1 is 1.08 bits per heavy atom. The highest BCUT2D eigenvalue weighted by Crippen LogP contribution is 2.39. The van der Waals surface area contributed by atoms with E-state index >= 15 is 0 Å². The largest absolute Gasteiger partial charge is 0.493 e. The zero-order valence-electron chi connectivity index (χ0n) is 14.0. The lowest BCUT2D eigenvalue weighted by atomic mass is 10.1. The first-order chi connectivity index (χ1) is 11.6. The third kappa shape index (κ3) is 3.62. The van der Waals surface area contributed by atoms with E-state index in [1.165, 1.54) is 20.4 Å². The smallest absolute Gasteiger partial charge is 0.272 e. The van der Waals surface area contributed by atoms with Crippen LogP contribution in [0.5, 0.6) is 17.2 Å². The Morgan fingerprint density at radius 3 is 2.42 bits per heavy atom. The third-order valence-corrected chi connectivity index (χ3v) is 3.34. The molecule has 0 bridgehead atoms. The number of rotatable bonds is 6. The molecule has 0 unspecified atom stereocenters. The van der Waals surface area contributed by atoms with Crippen LogP contribution in [0.1, 0.15) is 22.8 Å². The van der Waals surface area contributed by atoms with Gasteiger partial charge in [-0.3, -0.25) is 9.78 Å². The fourth-order valence-electron chi connectivity index (χ4n) is 2.14. The molecule has 1 N–H and O–H groups in total. The van der Waals surface area contributed by atoms with Gasteiger partial charge in [-0.1, -0.05) is 0 Å². The van der Waals surface area contributed by atoms with Crippen molar-refractivity contribution in [3.8, 4) is 17.2 Å². The minimum absolute atomic E-state index is 0.345. The minimum Gasteiger partial charge on any atom is -0.493 e. The number of amides is 1. The van der Waals surface area contributed by atoms with E-state index in [4.69, 9.17) is 14.2 Å². The molecule has 0 fully saturated rings. The molecule has 0 spiro atoms. The second-order valence-corrected chi connectivity index (χ2v) is 4.76. The number of nitrogens with zero attached hydrogens (tertiary/aromatic N) is 2. The molecule has 2 aromatic rings. The maximum atomic E-state index is 12.0. The Bertz CT molecular complexity index is 745. The van der Waals surface area contributed by atoms with Crippen LogP contribution in [0.3, 0.4) is 0 Å². The number of hydrogen-bond acceptors (Lipinski definition) is 6.